The quantitative estimate of drug-likeness (QED) is 0.311. The number of hydrogen-bond donors (Lipinski definition) is 2. The summed E-state index contributed by atoms with van der Waals surface area (Å²) in [4.78, 5) is 18.1. The summed E-state index contributed by atoms with van der Waals surface area (Å²) in [5.41, 5.74) is 1.78. The van der Waals surface area contributed by atoms with E-state index in [0.29, 0.717) is 42.6 Å². The number of aliphatic hydroxyl groups is 1. The highest BCUT2D eigenvalue weighted by atomic mass is 35.5. The fourth-order valence-electron chi connectivity index (χ4n) is 6.16. The molecule has 3 aliphatic heterocycles. The van der Waals surface area contributed by atoms with Crippen molar-refractivity contribution in [2.45, 2.75) is 50.4 Å². The Morgan fingerprint density at radius 1 is 1.07 bits per heavy atom. The van der Waals surface area contributed by atoms with Crippen molar-refractivity contribution in [2.24, 2.45) is 5.92 Å². The van der Waals surface area contributed by atoms with Gasteiger partial charge in [0.05, 0.1) is 34.5 Å². The van der Waals surface area contributed by atoms with Gasteiger partial charge in [-0.1, -0.05) is 35.3 Å². The lowest BCUT2D eigenvalue weighted by Gasteiger charge is -2.30. The number of hydrogen-bond acceptors (Lipinski definition) is 7. The van der Waals surface area contributed by atoms with Gasteiger partial charge in [0.1, 0.15) is 18.0 Å². The number of benzene rings is 2. The standard InChI is InChI=1S/C31H37Cl2N3O4S/c32-25-15-21(4-6-27(25)40-24-8-13-39-14-9-24)30(37)26(19-35-10-1-2-11-35)34-31(38)22-7-12-36(18-22)23-5-3-20-16-29(33)41-28(20)17-23/h3-6,15-17,22,24,26,30,37H,1-2,7-14,18-19H2,(H,34,38)/t22?,26-,30-/m1/s1. The normalized spacial score (nSPS) is 21.8. The van der Waals surface area contributed by atoms with Crippen molar-refractivity contribution >= 4 is 56.2 Å². The molecule has 6 rings (SSSR count). The van der Waals surface area contributed by atoms with Crippen molar-refractivity contribution in [2.75, 3.05) is 50.8 Å². The molecule has 41 heavy (non-hydrogen) atoms. The number of ether oxygens (including phenoxy) is 2. The maximum Gasteiger partial charge on any atom is 0.225 e. The number of anilines is 1. The predicted octanol–water partition coefficient (Wildman–Crippen LogP) is 5.91. The molecule has 3 atom stereocenters. The fourth-order valence-corrected chi connectivity index (χ4v) is 7.58. The van der Waals surface area contributed by atoms with E-state index in [1.807, 2.05) is 18.2 Å². The Balaban J connectivity index is 1.12. The van der Waals surface area contributed by atoms with Gasteiger partial charge < -0.3 is 29.7 Å². The summed E-state index contributed by atoms with van der Waals surface area (Å²) in [7, 11) is 0. The molecule has 0 aliphatic carbocycles. The second kappa shape index (κ2) is 13.1. The number of nitrogens with zero attached hydrogens (tertiary/aromatic N) is 2. The number of carbonyl (C=O) groups is 1. The zero-order valence-electron chi connectivity index (χ0n) is 23.1. The Morgan fingerprint density at radius 2 is 1.88 bits per heavy atom. The highest BCUT2D eigenvalue weighted by Gasteiger charge is 2.33. The van der Waals surface area contributed by atoms with Crippen molar-refractivity contribution in [1.82, 2.24) is 10.2 Å². The van der Waals surface area contributed by atoms with Crippen LogP contribution in [0.3, 0.4) is 0 Å². The number of halogens is 2. The van der Waals surface area contributed by atoms with Crippen LogP contribution < -0.4 is 15.0 Å². The third-order valence-electron chi connectivity index (χ3n) is 8.52. The summed E-state index contributed by atoms with van der Waals surface area (Å²) in [6, 6.07) is 13.4. The summed E-state index contributed by atoms with van der Waals surface area (Å²) in [5, 5.41) is 16.4. The number of amides is 1. The van der Waals surface area contributed by atoms with E-state index in [9.17, 15) is 9.90 Å². The molecule has 4 heterocycles. The lowest BCUT2D eigenvalue weighted by atomic mass is 9.99. The maximum atomic E-state index is 13.6. The van der Waals surface area contributed by atoms with E-state index in [2.05, 4.69) is 33.3 Å². The molecule has 10 heteroatoms. The number of likely N-dealkylation sites (tertiary alicyclic amines) is 1. The van der Waals surface area contributed by atoms with Gasteiger partial charge in [-0.05, 0) is 73.6 Å². The van der Waals surface area contributed by atoms with E-state index < -0.39 is 12.1 Å². The van der Waals surface area contributed by atoms with Gasteiger partial charge in [0.25, 0.3) is 0 Å². The van der Waals surface area contributed by atoms with Crippen LogP contribution >= 0.6 is 34.5 Å². The lowest BCUT2D eigenvalue weighted by molar-refractivity contribution is -0.126. The first-order valence-corrected chi connectivity index (χ1v) is 16.2. The van der Waals surface area contributed by atoms with E-state index >= 15 is 0 Å². The number of thiophene rings is 1. The highest BCUT2D eigenvalue weighted by Crippen LogP contribution is 2.35. The first-order valence-electron chi connectivity index (χ1n) is 14.6. The topological polar surface area (TPSA) is 74.3 Å². The molecular formula is C31H37Cl2N3O4S. The minimum Gasteiger partial charge on any atom is -0.489 e. The second-order valence-corrected chi connectivity index (χ2v) is 13.5. The number of carbonyl (C=O) groups excluding carboxylic acids is 1. The molecule has 3 saturated heterocycles. The lowest BCUT2D eigenvalue weighted by Crippen LogP contribution is -2.48. The Bertz CT molecular complexity index is 1360. The van der Waals surface area contributed by atoms with Crippen LogP contribution in [0.1, 0.15) is 43.8 Å². The molecule has 2 aromatic carbocycles. The summed E-state index contributed by atoms with van der Waals surface area (Å²) < 4.78 is 13.5. The summed E-state index contributed by atoms with van der Waals surface area (Å²) in [5.74, 6) is 0.454. The van der Waals surface area contributed by atoms with E-state index in [4.69, 9.17) is 32.7 Å². The summed E-state index contributed by atoms with van der Waals surface area (Å²) in [6.45, 7) is 5.38. The predicted molar refractivity (Wildman–Crippen MR) is 166 cm³/mol. The molecule has 3 aromatic rings. The Hall–Kier alpha value is -2.07. The summed E-state index contributed by atoms with van der Waals surface area (Å²) >= 11 is 14.4. The average molecular weight is 619 g/mol. The largest absolute Gasteiger partial charge is 0.489 e. The summed E-state index contributed by atoms with van der Waals surface area (Å²) in [6.07, 6.45) is 3.90. The molecule has 0 bridgehead atoms. The van der Waals surface area contributed by atoms with Crippen LogP contribution in [0, 0.1) is 5.92 Å². The smallest absolute Gasteiger partial charge is 0.225 e. The fraction of sp³-hybridized carbons (Fsp3) is 0.516. The van der Waals surface area contributed by atoms with Gasteiger partial charge in [-0.2, -0.15) is 0 Å². The zero-order chi connectivity index (χ0) is 28.3. The van der Waals surface area contributed by atoms with E-state index in [1.54, 1.807) is 17.4 Å². The van der Waals surface area contributed by atoms with Crippen molar-refractivity contribution in [1.29, 1.82) is 0 Å². The third kappa shape index (κ3) is 6.95. The van der Waals surface area contributed by atoms with Gasteiger partial charge in [-0.3, -0.25) is 4.79 Å². The number of fused-ring (bicyclic) bond motifs is 1. The van der Waals surface area contributed by atoms with Crippen molar-refractivity contribution in [3.8, 4) is 5.75 Å². The average Bonchev–Trinajstić information content (AvgIpc) is 3.74. The molecule has 3 aliphatic rings. The molecule has 7 nitrogen and oxygen atoms in total. The van der Waals surface area contributed by atoms with Crippen LogP contribution in [0.4, 0.5) is 5.69 Å². The first kappa shape index (κ1) is 29.0. The second-order valence-electron chi connectivity index (χ2n) is 11.4. The number of aliphatic hydroxyl groups excluding tert-OH is 1. The molecular weight excluding hydrogens is 581 g/mol. The van der Waals surface area contributed by atoms with Gasteiger partial charge in [0.2, 0.25) is 5.91 Å². The Kier molecular flexibility index (Phi) is 9.25. The molecule has 0 radical (unpaired) electrons. The zero-order valence-corrected chi connectivity index (χ0v) is 25.4. The van der Waals surface area contributed by atoms with Crippen LogP contribution in [-0.2, 0) is 9.53 Å². The van der Waals surface area contributed by atoms with Crippen molar-refractivity contribution in [3.63, 3.8) is 0 Å². The molecule has 2 N–H and O–H groups in total. The molecule has 0 spiro atoms. The Labute approximate surface area is 255 Å². The van der Waals surface area contributed by atoms with Crippen LogP contribution in [-0.4, -0.2) is 74.0 Å². The molecule has 0 saturated carbocycles. The molecule has 1 aromatic heterocycles. The number of rotatable bonds is 9. The van der Waals surface area contributed by atoms with Crippen LogP contribution in [0.5, 0.6) is 5.75 Å². The highest BCUT2D eigenvalue weighted by molar-refractivity contribution is 7.22. The molecule has 220 valence electrons. The maximum absolute atomic E-state index is 13.6. The molecule has 3 fully saturated rings. The van der Waals surface area contributed by atoms with Gasteiger partial charge in [-0.25, -0.2) is 0 Å². The van der Waals surface area contributed by atoms with Crippen LogP contribution in [0.25, 0.3) is 10.1 Å². The van der Waals surface area contributed by atoms with Gasteiger partial charge >= 0.3 is 0 Å². The number of nitrogens with one attached hydrogen (secondary N) is 1. The molecule has 1 amide bonds. The minimum atomic E-state index is -0.891. The first-order chi connectivity index (χ1) is 19.9. The Morgan fingerprint density at radius 3 is 2.66 bits per heavy atom. The third-order valence-corrected chi connectivity index (χ3v) is 10.0. The van der Waals surface area contributed by atoms with Crippen LogP contribution in [0.15, 0.2) is 42.5 Å². The van der Waals surface area contributed by atoms with Gasteiger partial charge in [0, 0.05) is 42.9 Å². The van der Waals surface area contributed by atoms with E-state index in [1.165, 1.54) is 0 Å². The minimum absolute atomic E-state index is 0.0124. The van der Waals surface area contributed by atoms with Crippen molar-refractivity contribution in [3.05, 3.63) is 57.4 Å². The van der Waals surface area contributed by atoms with Crippen LogP contribution in [0.2, 0.25) is 9.36 Å². The monoisotopic (exact) mass is 617 g/mol. The van der Waals surface area contributed by atoms with Gasteiger partial charge in [0.15, 0.2) is 0 Å². The van der Waals surface area contributed by atoms with E-state index in [0.717, 1.165) is 71.8 Å². The molecule has 1 unspecified atom stereocenters. The van der Waals surface area contributed by atoms with Gasteiger partial charge in [-0.15, -0.1) is 11.3 Å². The van der Waals surface area contributed by atoms with E-state index in [-0.39, 0.29) is 17.9 Å². The SMILES string of the molecule is O=C(N[C@H](CN1CCCC1)[C@H](O)c1ccc(OC2CCOCC2)c(Cl)c1)C1CCN(c2ccc3cc(Cl)sc3c2)C1. The van der Waals surface area contributed by atoms with Crippen molar-refractivity contribution < 1.29 is 19.4 Å².